The molecule has 1 aliphatic rings. The predicted molar refractivity (Wildman–Crippen MR) is 79.9 cm³/mol. The lowest BCUT2D eigenvalue weighted by atomic mass is 9.99. The molecule has 0 aromatic heterocycles. The molecule has 0 saturated heterocycles. The van der Waals surface area contributed by atoms with Crippen molar-refractivity contribution in [3.05, 3.63) is 34.9 Å². The summed E-state index contributed by atoms with van der Waals surface area (Å²) >= 11 is 0. The van der Waals surface area contributed by atoms with Gasteiger partial charge in [0.05, 0.1) is 0 Å². The molecule has 3 nitrogen and oxygen atoms in total. The van der Waals surface area contributed by atoms with Gasteiger partial charge in [-0.25, -0.2) is 0 Å². The number of rotatable bonds is 5. The Morgan fingerprint density at radius 3 is 2.50 bits per heavy atom. The van der Waals surface area contributed by atoms with E-state index in [2.05, 4.69) is 5.32 Å². The molecule has 0 unspecified atom stereocenters. The fourth-order valence-electron chi connectivity index (χ4n) is 2.86. The van der Waals surface area contributed by atoms with E-state index in [1.807, 2.05) is 32.0 Å². The average Bonchev–Trinajstić information content (AvgIpc) is 2.89. The van der Waals surface area contributed by atoms with Crippen LogP contribution in [-0.4, -0.2) is 17.7 Å². The second kappa shape index (κ2) is 6.69. The summed E-state index contributed by atoms with van der Waals surface area (Å²) in [6.07, 6.45) is 5.15. The van der Waals surface area contributed by atoms with Crippen LogP contribution in [0.15, 0.2) is 18.2 Å². The van der Waals surface area contributed by atoms with Crippen molar-refractivity contribution in [2.75, 3.05) is 0 Å². The van der Waals surface area contributed by atoms with Crippen LogP contribution in [0.3, 0.4) is 0 Å². The molecule has 1 aromatic carbocycles. The first-order valence-corrected chi connectivity index (χ1v) is 7.46. The summed E-state index contributed by atoms with van der Waals surface area (Å²) < 4.78 is 0. The zero-order valence-electron chi connectivity index (χ0n) is 12.4. The van der Waals surface area contributed by atoms with Crippen LogP contribution in [0.4, 0.5) is 0 Å². The molecule has 1 amide bonds. The number of nitrogens with one attached hydrogen (secondary N) is 1. The van der Waals surface area contributed by atoms with E-state index in [1.165, 1.54) is 12.8 Å². The fourth-order valence-corrected chi connectivity index (χ4v) is 2.86. The Labute approximate surface area is 120 Å². The summed E-state index contributed by atoms with van der Waals surface area (Å²) in [5.74, 6) is 0.0686. The molecule has 1 saturated carbocycles. The highest BCUT2D eigenvalue weighted by Crippen LogP contribution is 2.18. The standard InChI is InChI=1S/C17H23NO2/c1-12-7-8-15(13(2)11-12)16(19)9-10-17(20)18-14-5-3-4-6-14/h7-8,11,14H,3-6,9-10H2,1-2H3,(H,18,20). The minimum Gasteiger partial charge on any atom is -0.353 e. The van der Waals surface area contributed by atoms with E-state index in [4.69, 9.17) is 0 Å². The van der Waals surface area contributed by atoms with Gasteiger partial charge in [0.1, 0.15) is 0 Å². The molecule has 1 fully saturated rings. The number of hydrogen-bond donors (Lipinski definition) is 1. The van der Waals surface area contributed by atoms with Gasteiger partial charge in [0, 0.05) is 24.4 Å². The first-order valence-electron chi connectivity index (χ1n) is 7.46. The van der Waals surface area contributed by atoms with Crippen LogP contribution >= 0.6 is 0 Å². The molecule has 0 spiro atoms. The van der Waals surface area contributed by atoms with Crippen LogP contribution < -0.4 is 5.32 Å². The summed E-state index contributed by atoms with van der Waals surface area (Å²) in [5.41, 5.74) is 2.88. The van der Waals surface area contributed by atoms with Gasteiger partial charge in [-0.3, -0.25) is 9.59 Å². The molecule has 0 radical (unpaired) electrons. The number of carbonyl (C=O) groups excluding carboxylic acids is 2. The molecule has 1 aromatic rings. The number of aryl methyl sites for hydroxylation is 2. The molecule has 1 aliphatic carbocycles. The van der Waals surface area contributed by atoms with Crippen molar-refractivity contribution in [3.8, 4) is 0 Å². The van der Waals surface area contributed by atoms with Gasteiger partial charge < -0.3 is 5.32 Å². The van der Waals surface area contributed by atoms with Gasteiger partial charge >= 0.3 is 0 Å². The first-order chi connectivity index (χ1) is 9.56. The predicted octanol–water partition coefficient (Wildman–Crippen LogP) is 3.33. The van der Waals surface area contributed by atoms with Crippen molar-refractivity contribution in [2.45, 2.75) is 58.4 Å². The fraction of sp³-hybridized carbons (Fsp3) is 0.529. The van der Waals surface area contributed by atoms with E-state index >= 15 is 0 Å². The topological polar surface area (TPSA) is 46.2 Å². The van der Waals surface area contributed by atoms with Gasteiger partial charge in [-0.15, -0.1) is 0 Å². The summed E-state index contributed by atoms with van der Waals surface area (Å²) in [6, 6.07) is 6.14. The van der Waals surface area contributed by atoms with E-state index in [1.54, 1.807) is 0 Å². The normalized spacial score (nSPS) is 15.3. The largest absolute Gasteiger partial charge is 0.353 e. The zero-order valence-corrected chi connectivity index (χ0v) is 12.4. The minimum absolute atomic E-state index is 0.00927. The van der Waals surface area contributed by atoms with E-state index < -0.39 is 0 Å². The van der Waals surface area contributed by atoms with Crippen LogP contribution in [0.2, 0.25) is 0 Å². The van der Waals surface area contributed by atoms with Crippen molar-refractivity contribution in [2.24, 2.45) is 0 Å². The Bertz CT molecular complexity index is 502. The van der Waals surface area contributed by atoms with Gasteiger partial charge in [-0.05, 0) is 32.3 Å². The van der Waals surface area contributed by atoms with E-state index in [0.717, 1.165) is 29.5 Å². The minimum atomic E-state index is 0.00927. The summed E-state index contributed by atoms with van der Waals surface area (Å²) in [6.45, 7) is 3.95. The number of Topliss-reactive ketones (excluding diaryl/α,β-unsaturated/α-hetero) is 1. The average molecular weight is 273 g/mol. The Hall–Kier alpha value is -1.64. The maximum absolute atomic E-state index is 12.1. The molecular formula is C17H23NO2. The summed E-state index contributed by atoms with van der Waals surface area (Å²) in [5, 5.41) is 3.02. The molecule has 20 heavy (non-hydrogen) atoms. The maximum atomic E-state index is 12.1. The summed E-state index contributed by atoms with van der Waals surface area (Å²) in [4.78, 5) is 23.9. The molecule has 108 valence electrons. The monoisotopic (exact) mass is 273 g/mol. The second-order valence-electron chi connectivity index (χ2n) is 5.79. The van der Waals surface area contributed by atoms with Crippen LogP contribution in [0.1, 0.15) is 60.0 Å². The Balaban J connectivity index is 1.83. The summed E-state index contributed by atoms with van der Waals surface area (Å²) in [7, 11) is 0. The lowest BCUT2D eigenvalue weighted by Gasteiger charge is -2.11. The maximum Gasteiger partial charge on any atom is 0.220 e. The number of benzene rings is 1. The quantitative estimate of drug-likeness (QED) is 0.836. The number of ketones is 1. The molecule has 0 heterocycles. The third-order valence-corrected chi connectivity index (χ3v) is 3.98. The Kier molecular flexibility index (Phi) is 4.94. The Morgan fingerprint density at radius 2 is 1.85 bits per heavy atom. The molecule has 2 rings (SSSR count). The Morgan fingerprint density at radius 1 is 1.15 bits per heavy atom. The van der Waals surface area contributed by atoms with Crippen LogP contribution in [0.5, 0.6) is 0 Å². The molecule has 1 N–H and O–H groups in total. The van der Waals surface area contributed by atoms with Crippen LogP contribution in [-0.2, 0) is 4.79 Å². The van der Waals surface area contributed by atoms with Crippen molar-refractivity contribution >= 4 is 11.7 Å². The first kappa shape index (κ1) is 14.8. The van der Waals surface area contributed by atoms with Crippen molar-refractivity contribution in [1.82, 2.24) is 5.32 Å². The van der Waals surface area contributed by atoms with Gasteiger partial charge in [0.25, 0.3) is 0 Å². The molecule has 3 heteroatoms. The lowest BCUT2D eigenvalue weighted by Crippen LogP contribution is -2.32. The van der Waals surface area contributed by atoms with Gasteiger partial charge in [0.15, 0.2) is 5.78 Å². The molecule has 0 bridgehead atoms. The third kappa shape index (κ3) is 3.92. The number of carbonyl (C=O) groups is 2. The van der Waals surface area contributed by atoms with Crippen molar-refractivity contribution < 1.29 is 9.59 Å². The van der Waals surface area contributed by atoms with Crippen molar-refractivity contribution in [3.63, 3.8) is 0 Å². The number of hydrogen-bond acceptors (Lipinski definition) is 2. The van der Waals surface area contributed by atoms with Gasteiger partial charge in [0.2, 0.25) is 5.91 Å². The van der Waals surface area contributed by atoms with E-state index in [-0.39, 0.29) is 11.7 Å². The van der Waals surface area contributed by atoms with E-state index in [9.17, 15) is 9.59 Å². The van der Waals surface area contributed by atoms with E-state index in [0.29, 0.717) is 18.9 Å². The highest BCUT2D eigenvalue weighted by Gasteiger charge is 2.18. The zero-order chi connectivity index (χ0) is 14.5. The highest BCUT2D eigenvalue weighted by atomic mass is 16.2. The SMILES string of the molecule is Cc1ccc(C(=O)CCC(=O)NC2CCCC2)c(C)c1. The second-order valence-corrected chi connectivity index (χ2v) is 5.79. The molecule has 0 aliphatic heterocycles. The highest BCUT2D eigenvalue weighted by molar-refractivity contribution is 5.99. The number of amides is 1. The third-order valence-electron chi connectivity index (χ3n) is 3.98. The lowest BCUT2D eigenvalue weighted by molar-refractivity contribution is -0.121. The van der Waals surface area contributed by atoms with Crippen molar-refractivity contribution in [1.29, 1.82) is 0 Å². The van der Waals surface area contributed by atoms with Crippen LogP contribution in [0.25, 0.3) is 0 Å². The van der Waals surface area contributed by atoms with Gasteiger partial charge in [-0.2, -0.15) is 0 Å². The van der Waals surface area contributed by atoms with Gasteiger partial charge in [-0.1, -0.05) is 36.6 Å². The smallest absolute Gasteiger partial charge is 0.220 e. The molecular weight excluding hydrogens is 250 g/mol. The van der Waals surface area contributed by atoms with Crippen LogP contribution in [0, 0.1) is 13.8 Å². The molecule has 0 atom stereocenters.